The van der Waals surface area contributed by atoms with E-state index in [0.717, 1.165) is 12.3 Å². The third-order valence-corrected chi connectivity index (χ3v) is 3.38. The van der Waals surface area contributed by atoms with Gasteiger partial charge in [-0.2, -0.15) is 13.2 Å². The summed E-state index contributed by atoms with van der Waals surface area (Å²) in [6.45, 7) is -1.25. The van der Waals surface area contributed by atoms with Gasteiger partial charge in [-0.15, -0.1) is 0 Å². The highest BCUT2D eigenvalue weighted by molar-refractivity contribution is 5.02. The number of nitrogens with zero attached hydrogens (tertiary/aromatic N) is 4. The minimum atomic E-state index is -5.05. The van der Waals surface area contributed by atoms with Crippen LogP contribution in [-0.2, 0) is 4.74 Å². The average molecular weight is 337 g/mol. The maximum Gasteiger partial charge on any atom is 0.398 e. The summed E-state index contributed by atoms with van der Waals surface area (Å²) in [5.41, 5.74) is 3.75. The van der Waals surface area contributed by atoms with Crippen molar-refractivity contribution in [3.05, 3.63) is 43.5 Å². The van der Waals surface area contributed by atoms with E-state index in [2.05, 4.69) is 10.0 Å². The number of aromatic nitrogens is 2. The number of rotatable bonds is 3. The zero-order valence-corrected chi connectivity index (χ0v) is 11.1. The first-order valence-electron chi connectivity index (χ1n) is 6.07. The van der Waals surface area contributed by atoms with Gasteiger partial charge in [0, 0.05) is 17.2 Å². The van der Waals surface area contributed by atoms with Crippen LogP contribution in [0, 0.1) is 5.92 Å². The lowest BCUT2D eigenvalue weighted by Gasteiger charge is -2.25. The molecule has 2 rings (SSSR count). The normalized spacial score (nSPS) is 30.9. The number of H-pyrrole nitrogens is 1. The Hall–Kier alpha value is -2.34. The molecular weight excluding hydrogens is 327 g/mol. The Balaban J connectivity index is 2.62. The van der Waals surface area contributed by atoms with E-state index in [1.807, 2.05) is 0 Å². The molecule has 1 saturated heterocycles. The van der Waals surface area contributed by atoms with E-state index in [9.17, 15) is 33.0 Å². The van der Waals surface area contributed by atoms with Gasteiger partial charge < -0.3 is 14.9 Å². The lowest BCUT2D eigenvalue weighted by atomic mass is 9.95. The first-order chi connectivity index (χ1) is 10.7. The molecule has 13 heteroatoms. The van der Waals surface area contributed by atoms with E-state index in [-0.39, 0.29) is 0 Å². The van der Waals surface area contributed by atoms with Crippen LogP contribution in [-0.4, -0.2) is 44.4 Å². The van der Waals surface area contributed by atoms with Crippen LogP contribution in [0.5, 0.6) is 0 Å². The summed E-state index contributed by atoms with van der Waals surface area (Å²) in [4.78, 5) is 26.7. The Labute approximate surface area is 124 Å². The third-order valence-electron chi connectivity index (χ3n) is 3.38. The zero-order chi connectivity index (χ0) is 17.4. The largest absolute Gasteiger partial charge is 0.398 e. The van der Waals surface area contributed by atoms with Crippen LogP contribution in [0.4, 0.5) is 13.2 Å². The minimum Gasteiger partial charge on any atom is -0.393 e. The number of azide groups is 1. The SMILES string of the molecule is [N-]=[N+]=N[C@]1(CO)O[C@@H](n2ccc(=O)[nH]c2=O)[C@H](C(F)(F)F)[C@@H]1O. The molecule has 1 aliphatic heterocycles. The summed E-state index contributed by atoms with van der Waals surface area (Å²) in [6.07, 6.45) is -8.93. The number of nitrogens with one attached hydrogen (secondary N) is 1. The smallest absolute Gasteiger partial charge is 0.393 e. The van der Waals surface area contributed by atoms with Gasteiger partial charge in [0.05, 0.1) is 6.61 Å². The molecule has 0 aromatic carbocycles. The fraction of sp³-hybridized carbons (Fsp3) is 0.600. The van der Waals surface area contributed by atoms with Crippen molar-refractivity contribution in [1.29, 1.82) is 0 Å². The Morgan fingerprint density at radius 3 is 2.65 bits per heavy atom. The molecule has 1 aromatic rings. The van der Waals surface area contributed by atoms with Gasteiger partial charge >= 0.3 is 11.9 Å². The fourth-order valence-corrected chi connectivity index (χ4v) is 2.31. The van der Waals surface area contributed by atoms with Gasteiger partial charge in [-0.25, -0.2) is 4.79 Å². The van der Waals surface area contributed by atoms with Crippen molar-refractivity contribution in [2.45, 2.75) is 24.2 Å². The Morgan fingerprint density at radius 2 is 2.17 bits per heavy atom. The van der Waals surface area contributed by atoms with Crippen molar-refractivity contribution >= 4 is 0 Å². The standard InChI is InChI=1S/C10H10F3N5O5/c11-10(12,13)5-6(21)9(3-19,16-17-14)23-7(5)18-2-1-4(20)15-8(18)22/h1-2,5-7,19,21H,3H2,(H,15,20,22)/t5-,6+,7-,9-/m1/s1. The highest BCUT2D eigenvalue weighted by Crippen LogP contribution is 2.49. The van der Waals surface area contributed by atoms with E-state index in [1.54, 1.807) is 4.98 Å². The summed E-state index contributed by atoms with van der Waals surface area (Å²) >= 11 is 0. The Bertz CT molecular complexity index is 754. The van der Waals surface area contributed by atoms with Crippen LogP contribution < -0.4 is 11.2 Å². The molecule has 3 N–H and O–H groups in total. The van der Waals surface area contributed by atoms with Gasteiger partial charge in [-0.05, 0) is 5.53 Å². The molecule has 10 nitrogen and oxygen atoms in total. The van der Waals surface area contributed by atoms with Crippen molar-refractivity contribution in [2.75, 3.05) is 6.61 Å². The Morgan fingerprint density at radius 1 is 1.52 bits per heavy atom. The van der Waals surface area contributed by atoms with Crippen molar-refractivity contribution in [2.24, 2.45) is 11.0 Å². The fourth-order valence-electron chi connectivity index (χ4n) is 2.31. The van der Waals surface area contributed by atoms with Gasteiger partial charge in [-0.3, -0.25) is 14.3 Å². The summed E-state index contributed by atoms with van der Waals surface area (Å²) in [5.74, 6) is -2.68. The van der Waals surface area contributed by atoms with Crippen LogP contribution >= 0.6 is 0 Å². The molecule has 2 heterocycles. The quantitative estimate of drug-likeness (QED) is 0.389. The molecule has 23 heavy (non-hydrogen) atoms. The molecule has 126 valence electrons. The first-order valence-corrected chi connectivity index (χ1v) is 6.07. The summed E-state index contributed by atoms with van der Waals surface area (Å²) in [6, 6.07) is 0.775. The van der Waals surface area contributed by atoms with Gasteiger partial charge in [0.1, 0.15) is 12.0 Å². The Kier molecular flexibility index (Phi) is 4.22. The lowest BCUT2D eigenvalue weighted by Crippen LogP contribution is -2.46. The molecule has 0 bridgehead atoms. The van der Waals surface area contributed by atoms with Crippen molar-refractivity contribution in [1.82, 2.24) is 9.55 Å². The maximum atomic E-state index is 13.2. The number of aromatic amines is 1. The van der Waals surface area contributed by atoms with E-state index in [1.165, 1.54) is 0 Å². The number of ether oxygens (including phenoxy) is 1. The lowest BCUT2D eigenvalue weighted by molar-refractivity contribution is -0.211. The monoisotopic (exact) mass is 337 g/mol. The van der Waals surface area contributed by atoms with Crippen molar-refractivity contribution < 1.29 is 28.1 Å². The summed E-state index contributed by atoms with van der Waals surface area (Å²) < 4.78 is 45.0. The predicted molar refractivity (Wildman–Crippen MR) is 66.0 cm³/mol. The highest BCUT2D eigenvalue weighted by atomic mass is 19.4. The molecule has 0 aliphatic carbocycles. The number of alkyl halides is 3. The van der Waals surface area contributed by atoms with E-state index >= 15 is 0 Å². The van der Waals surface area contributed by atoms with Gasteiger partial charge in [0.2, 0.25) is 0 Å². The van der Waals surface area contributed by atoms with E-state index in [4.69, 9.17) is 10.3 Å². The van der Waals surface area contributed by atoms with Crippen molar-refractivity contribution in [3.63, 3.8) is 0 Å². The zero-order valence-electron chi connectivity index (χ0n) is 11.1. The van der Waals surface area contributed by atoms with Crippen LogP contribution in [0.25, 0.3) is 10.4 Å². The molecule has 1 fully saturated rings. The number of hydrogen-bond donors (Lipinski definition) is 3. The van der Waals surface area contributed by atoms with Crippen LogP contribution in [0.2, 0.25) is 0 Å². The van der Waals surface area contributed by atoms with E-state index in [0.29, 0.717) is 4.57 Å². The molecule has 0 amide bonds. The van der Waals surface area contributed by atoms with Crippen LogP contribution in [0.3, 0.4) is 0 Å². The third kappa shape index (κ3) is 2.82. The minimum absolute atomic E-state index is 0.382. The first kappa shape index (κ1) is 17.0. The molecule has 1 aromatic heterocycles. The van der Waals surface area contributed by atoms with Gasteiger partial charge in [-0.1, -0.05) is 5.11 Å². The summed E-state index contributed by atoms with van der Waals surface area (Å²) in [7, 11) is 0. The molecule has 4 atom stereocenters. The van der Waals surface area contributed by atoms with Gasteiger partial charge in [0.15, 0.2) is 12.0 Å². The number of aliphatic hydroxyl groups is 2. The second kappa shape index (κ2) is 5.70. The number of halogens is 3. The number of aliphatic hydroxyl groups excluding tert-OH is 2. The molecule has 0 spiro atoms. The summed E-state index contributed by atoms with van der Waals surface area (Å²) in [5, 5.41) is 22.0. The highest BCUT2D eigenvalue weighted by Gasteiger charge is 2.64. The second-order valence-corrected chi connectivity index (χ2v) is 4.73. The molecule has 0 radical (unpaired) electrons. The van der Waals surface area contributed by atoms with Crippen LogP contribution in [0.15, 0.2) is 27.0 Å². The average Bonchev–Trinajstić information content (AvgIpc) is 2.72. The molecule has 1 aliphatic rings. The predicted octanol–water partition coefficient (Wildman–Crippen LogP) is -0.396. The topological polar surface area (TPSA) is 153 Å². The van der Waals surface area contributed by atoms with E-state index < -0.39 is 48.0 Å². The van der Waals surface area contributed by atoms with Gasteiger partial charge in [0.25, 0.3) is 5.56 Å². The molecule has 0 unspecified atom stereocenters. The molecule has 0 saturated carbocycles. The second-order valence-electron chi connectivity index (χ2n) is 4.73. The van der Waals surface area contributed by atoms with Crippen molar-refractivity contribution in [3.8, 4) is 0 Å². The van der Waals surface area contributed by atoms with Crippen LogP contribution in [0.1, 0.15) is 6.23 Å². The maximum absolute atomic E-state index is 13.2. The number of hydrogen-bond acceptors (Lipinski definition) is 6. The molecular formula is C10H10F3N5O5.